The summed E-state index contributed by atoms with van der Waals surface area (Å²) in [6.07, 6.45) is 0.284. The van der Waals surface area contributed by atoms with Crippen molar-refractivity contribution in [3.63, 3.8) is 0 Å². The van der Waals surface area contributed by atoms with Crippen LogP contribution in [0.5, 0.6) is 0 Å². The van der Waals surface area contributed by atoms with E-state index in [2.05, 4.69) is 60.5 Å². The number of anilines is 2. The Morgan fingerprint density at radius 2 is 2.28 bits per heavy atom. The van der Waals surface area contributed by atoms with Gasteiger partial charge < -0.3 is 19.9 Å². The average Bonchev–Trinajstić information content (AvgIpc) is 2.37. The number of morpholine rings is 1. The van der Waals surface area contributed by atoms with Crippen LogP contribution in [-0.2, 0) is 4.74 Å². The highest BCUT2D eigenvalue weighted by atomic mass is 16.5. The van der Waals surface area contributed by atoms with Crippen molar-refractivity contribution in [1.82, 2.24) is 4.90 Å². The van der Waals surface area contributed by atoms with Gasteiger partial charge in [-0.2, -0.15) is 0 Å². The molecule has 1 heterocycles. The lowest BCUT2D eigenvalue weighted by atomic mass is 10.2. The number of likely N-dealkylation sites (N-methyl/N-ethyl adjacent to an activating group) is 1. The molecule has 100 valence electrons. The maximum absolute atomic E-state index is 5.73. The molecular formula is C14H23N3O. The van der Waals surface area contributed by atoms with E-state index in [9.17, 15) is 0 Å². The first kappa shape index (κ1) is 13.2. The summed E-state index contributed by atoms with van der Waals surface area (Å²) >= 11 is 0. The quantitative estimate of drug-likeness (QED) is 0.875. The summed E-state index contributed by atoms with van der Waals surface area (Å²) in [5.74, 6) is 0. The van der Waals surface area contributed by atoms with Crippen LogP contribution < -0.4 is 10.2 Å². The minimum atomic E-state index is 0.284. The van der Waals surface area contributed by atoms with Gasteiger partial charge in [-0.25, -0.2) is 0 Å². The number of hydrogen-bond donors (Lipinski definition) is 1. The fraction of sp³-hybridized carbons (Fsp3) is 0.571. The highest BCUT2D eigenvalue weighted by Gasteiger charge is 2.17. The molecule has 1 aromatic carbocycles. The van der Waals surface area contributed by atoms with Crippen LogP contribution in [0, 0.1) is 0 Å². The lowest BCUT2D eigenvalue weighted by Gasteiger charge is -2.30. The lowest BCUT2D eigenvalue weighted by molar-refractivity contribution is -0.0117. The van der Waals surface area contributed by atoms with Gasteiger partial charge >= 0.3 is 0 Å². The van der Waals surface area contributed by atoms with Crippen LogP contribution in [0.2, 0.25) is 0 Å². The molecule has 1 aromatic rings. The SMILES string of the molecule is CN1CCOC(CNc2cccc(N(C)C)c2)C1. The molecule has 1 aliphatic heterocycles. The molecule has 4 heteroatoms. The van der Waals surface area contributed by atoms with Crippen molar-refractivity contribution in [2.75, 3.05) is 57.6 Å². The van der Waals surface area contributed by atoms with E-state index in [0.29, 0.717) is 0 Å². The summed E-state index contributed by atoms with van der Waals surface area (Å²) in [5.41, 5.74) is 2.36. The second kappa shape index (κ2) is 6.07. The number of nitrogens with one attached hydrogen (secondary N) is 1. The van der Waals surface area contributed by atoms with Crippen LogP contribution >= 0.6 is 0 Å². The maximum atomic E-state index is 5.73. The molecule has 0 radical (unpaired) electrons. The van der Waals surface area contributed by atoms with Crippen molar-refractivity contribution in [2.45, 2.75) is 6.10 Å². The van der Waals surface area contributed by atoms with Crippen LogP contribution in [0.1, 0.15) is 0 Å². The Morgan fingerprint density at radius 1 is 1.44 bits per heavy atom. The van der Waals surface area contributed by atoms with E-state index < -0.39 is 0 Å². The van der Waals surface area contributed by atoms with Crippen molar-refractivity contribution in [3.05, 3.63) is 24.3 Å². The molecule has 0 bridgehead atoms. The fourth-order valence-corrected chi connectivity index (χ4v) is 2.12. The summed E-state index contributed by atoms with van der Waals surface area (Å²) in [5, 5.41) is 3.45. The van der Waals surface area contributed by atoms with Gasteiger partial charge in [-0.1, -0.05) is 6.07 Å². The zero-order valence-corrected chi connectivity index (χ0v) is 11.5. The Kier molecular flexibility index (Phi) is 4.44. The Labute approximate surface area is 110 Å². The minimum Gasteiger partial charge on any atom is -0.382 e. The zero-order chi connectivity index (χ0) is 13.0. The predicted molar refractivity (Wildman–Crippen MR) is 76.5 cm³/mol. The first-order valence-electron chi connectivity index (χ1n) is 6.46. The molecule has 4 nitrogen and oxygen atoms in total. The van der Waals surface area contributed by atoms with E-state index in [4.69, 9.17) is 4.74 Å². The van der Waals surface area contributed by atoms with Gasteiger partial charge in [0.1, 0.15) is 0 Å². The van der Waals surface area contributed by atoms with Crippen LogP contribution in [-0.4, -0.2) is 58.4 Å². The van der Waals surface area contributed by atoms with Crippen LogP contribution in [0.4, 0.5) is 11.4 Å². The van der Waals surface area contributed by atoms with Crippen LogP contribution in [0.15, 0.2) is 24.3 Å². The van der Waals surface area contributed by atoms with Crippen molar-refractivity contribution >= 4 is 11.4 Å². The van der Waals surface area contributed by atoms with E-state index in [1.807, 2.05) is 0 Å². The molecule has 0 aliphatic carbocycles. The minimum absolute atomic E-state index is 0.284. The summed E-state index contributed by atoms with van der Waals surface area (Å²) in [6, 6.07) is 8.44. The summed E-state index contributed by atoms with van der Waals surface area (Å²) < 4.78 is 5.73. The molecular weight excluding hydrogens is 226 g/mol. The second-order valence-electron chi connectivity index (χ2n) is 5.08. The first-order chi connectivity index (χ1) is 8.65. The van der Waals surface area contributed by atoms with E-state index >= 15 is 0 Å². The smallest absolute Gasteiger partial charge is 0.0874 e. The van der Waals surface area contributed by atoms with Crippen LogP contribution in [0.3, 0.4) is 0 Å². The van der Waals surface area contributed by atoms with Gasteiger partial charge in [0.05, 0.1) is 12.7 Å². The lowest BCUT2D eigenvalue weighted by Crippen LogP contribution is -2.43. The molecule has 1 atom stereocenters. The fourth-order valence-electron chi connectivity index (χ4n) is 2.12. The third-order valence-corrected chi connectivity index (χ3v) is 3.24. The number of ether oxygens (including phenoxy) is 1. The average molecular weight is 249 g/mol. The Hall–Kier alpha value is -1.26. The second-order valence-corrected chi connectivity index (χ2v) is 5.08. The van der Waals surface area contributed by atoms with Gasteiger partial charge in [0, 0.05) is 45.1 Å². The third-order valence-electron chi connectivity index (χ3n) is 3.24. The van der Waals surface area contributed by atoms with Crippen molar-refractivity contribution < 1.29 is 4.74 Å². The monoisotopic (exact) mass is 249 g/mol. The largest absolute Gasteiger partial charge is 0.382 e. The predicted octanol–water partition coefficient (Wildman–Crippen LogP) is 1.50. The molecule has 0 spiro atoms. The Morgan fingerprint density at radius 3 is 3.00 bits per heavy atom. The highest BCUT2D eigenvalue weighted by molar-refractivity contribution is 5.57. The number of nitrogens with zero attached hydrogens (tertiary/aromatic N) is 2. The van der Waals surface area contributed by atoms with Gasteiger partial charge in [0.25, 0.3) is 0 Å². The molecule has 1 unspecified atom stereocenters. The normalized spacial score (nSPS) is 20.7. The van der Waals surface area contributed by atoms with E-state index in [-0.39, 0.29) is 6.10 Å². The van der Waals surface area contributed by atoms with Crippen LogP contribution in [0.25, 0.3) is 0 Å². The molecule has 1 saturated heterocycles. The molecule has 1 fully saturated rings. The molecule has 0 aromatic heterocycles. The maximum Gasteiger partial charge on any atom is 0.0874 e. The Bertz CT molecular complexity index is 381. The molecule has 0 saturated carbocycles. The number of rotatable bonds is 4. The van der Waals surface area contributed by atoms with Gasteiger partial charge in [0.2, 0.25) is 0 Å². The van der Waals surface area contributed by atoms with Gasteiger partial charge in [-0.15, -0.1) is 0 Å². The summed E-state index contributed by atoms with van der Waals surface area (Å²) in [6.45, 7) is 3.73. The van der Waals surface area contributed by atoms with Crippen molar-refractivity contribution in [1.29, 1.82) is 0 Å². The number of benzene rings is 1. The van der Waals surface area contributed by atoms with Gasteiger partial charge in [-0.05, 0) is 25.2 Å². The number of hydrogen-bond acceptors (Lipinski definition) is 4. The molecule has 18 heavy (non-hydrogen) atoms. The summed E-state index contributed by atoms with van der Waals surface area (Å²) in [7, 11) is 6.25. The summed E-state index contributed by atoms with van der Waals surface area (Å²) in [4.78, 5) is 4.42. The van der Waals surface area contributed by atoms with Gasteiger partial charge in [-0.3, -0.25) is 0 Å². The van der Waals surface area contributed by atoms with E-state index in [1.54, 1.807) is 0 Å². The zero-order valence-electron chi connectivity index (χ0n) is 11.5. The topological polar surface area (TPSA) is 27.7 Å². The Balaban J connectivity index is 1.87. The van der Waals surface area contributed by atoms with E-state index in [0.717, 1.165) is 31.9 Å². The van der Waals surface area contributed by atoms with Crippen molar-refractivity contribution in [3.8, 4) is 0 Å². The molecule has 1 N–H and O–H groups in total. The van der Waals surface area contributed by atoms with Gasteiger partial charge in [0.15, 0.2) is 0 Å². The highest BCUT2D eigenvalue weighted by Crippen LogP contribution is 2.17. The standard InChI is InChI=1S/C14H23N3O/c1-16(2)13-6-4-5-12(9-13)15-10-14-11-17(3)7-8-18-14/h4-6,9,14-15H,7-8,10-11H2,1-3H3. The molecule has 1 aliphatic rings. The molecule has 0 amide bonds. The molecule has 2 rings (SSSR count). The first-order valence-corrected chi connectivity index (χ1v) is 6.46. The van der Waals surface area contributed by atoms with Crippen molar-refractivity contribution in [2.24, 2.45) is 0 Å². The van der Waals surface area contributed by atoms with E-state index in [1.165, 1.54) is 5.69 Å². The third kappa shape index (κ3) is 3.62.